The Bertz CT molecular complexity index is 782. The molecule has 2 aromatic heterocycles. The predicted molar refractivity (Wildman–Crippen MR) is 101 cm³/mol. The second-order valence-electron chi connectivity index (χ2n) is 7.67. The van der Waals surface area contributed by atoms with Gasteiger partial charge < -0.3 is 24.2 Å². The zero-order valence-electron chi connectivity index (χ0n) is 16.1. The molecule has 4 heterocycles. The van der Waals surface area contributed by atoms with Gasteiger partial charge in [-0.2, -0.15) is 4.98 Å². The van der Waals surface area contributed by atoms with Gasteiger partial charge in [0, 0.05) is 44.8 Å². The van der Waals surface area contributed by atoms with E-state index in [1.54, 1.807) is 6.33 Å². The summed E-state index contributed by atoms with van der Waals surface area (Å²) in [6.45, 7) is 7.47. The number of β-amino-alcohol motifs (C(OH)–C–C–N with tert-alkyl or cyclic N) is 1. The molecule has 2 saturated heterocycles. The van der Waals surface area contributed by atoms with Crippen LogP contribution in [-0.2, 0) is 11.3 Å². The van der Waals surface area contributed by atoms with E-state index in [-0.39, 0.29) is 6.10 Å². The summed E-state index contributed by atoms with van der Waals surface area (Å²) >= 11 is 0. The molecule has 2 aliphatic rings. The average Bonchev–Trinajstić information content (AvgIpc) is 3.30. The summed E-state index contributed by atoms with van der Waals surface area (Å²) in [4.78, 5) is 13.6. The molecule has 0 unspecified atom stereocenters. The summed E-state index contributed by atoms with van der Waals surface area (Å²) in [5.41, 5.74) is 1.01. The molecule has 2 aromatic rings. The fraction of sp³-hybridized carbons (Fsp3) is 0.667. The van der Waals surface area contributed by atoms with Crippen LogP contribution in [0.4, 0.5) is 11.8 Å². The highest BCUT2D eigenvalue weighted by Gasteiger charge is 2.29. The van der Waals surface area contributed by atoms with Gasteiger partial charge in [0.05, 0.1) is 24.9 Å². The molecule has 0 aliphatic carbocycles. The highest BCUT2D eigenvalue weighted by molar-refractivity contribution is 5.48. The van der Waals surface area contributed by atoms with E-state index in [9.17, 15) is 5.11 Å². The maximum absolute atomic E-state index is 9.65. The Balaban J connectivity index is 1.60. The standard InChI is InChI=1S/C18H27N7O2/c1-12(2)25-11-19-22-17(25)9-23(3)16-6-15(13-4-5-27-10-13)20-18(21-16)24-7-14(26)8-24/h6,11-14,26H,4-5,7-10H2,1-3H3/t13-/m1/s1. The van der Waals surface area contributed by atoms with Crippen molar-refractivity contribution in [3.63, 3.8) is 0 Å². The van der Waals surface area contributed by atoms with E-state index in [1.165, 1.54) is 0 Å². The van der Waals surface area contributed by atoms with Crippen LogP contribution in [0.1, 0.15) is 43.7 Å². The molecular formula is C18H27N7O2. The van der Waals surface area contributed by atoms with Gasteiger partial charge >= 0.3 is 0 Å². The zero-order valence-corrected chi connectivity index (χ0v) is 16.1. The van der Waals surface area contributed by atoms with Crippen molar-refractivity contribution in [2.24, 2.45) is 0 Å². The number of rotatable bonds is 6. The smallest absolute Gasteiger partial charge is 0.227 e. The van der Waals surface area contributed by atoms with Crippen molar-refractivity contribution in [1.29, 1.82) is 0 Å². The first kappa shape index (κ1) is 18.1. The highest BCUT2D eigenvalue weighted by atomic mass is 16.5. The number of ether oxygens (including phenoxy) is 1. The molecule has 0 amide bonds. The van der Waals surface area contributed by atoms with Crippen LogP contribution in [0.3, 0.4) is 0 Å². The van der Waals surface area contributed by atoms with E-state index in [0.717, 1.165) is 30.4 Å². The number of anilines is 2. The minimum absolute atomic E-state index is 0.294. The molecule has 27 heavy (non-hydrogen) atoms. The minimum Gasteiger partial charge on any atom is -0.389 e. The van der Waals surface area contributed by atoms with Crippen LogP contribution in [-0.4, -0.2) is 69.3 Å². The van der Waals surface area contributed by atoms with Gasteiger partial charge in [-0.05, 0) is 20.3 Å². The first-order valence-electron chi connectivity index (χ1n) is 9.50. The maximum atomic E-state index is 9.65. The summed E-state index contributed by atoms with van der Waals surface area (Å²) in [6, 6.07) is 2.35. The summed E-state index contributed by atoms with van der Waals surface area (Å²) in [7, 11) is 2.01. The minimum atomic E-state index is -0.294. The monoisotopic (exact) mass is 373 g/mol. The van der Waals surface area contributed by atoms with Crippen molar-refractivity contribution >= 4 is 11.8 Å². The molecule has 0 aromatic carbocycles. The molecule has 0 saturated carbocycles. The molecule has 9 heteroatoms. The van der Waals surface area contributed by atoms with Gasteiger partial charge in [-0.15, -0.1) is 10.2 Å². The number of aromatic nitrogens is 5. The van der Waals surface area contributed by atoms with Crippen molar-refractivity contribution in [3.8, 4) is 0 Å². The van der Waals surface area contributed by atoms with E-state index in [0.29, 0.717) is 44.1 Å². The second-order valence-corrected chi connectivity index (χ2v) is 7.67. The molecular weight excluding hydrogens is 346 g/mol. The van der Waals surface area contributed by atoms with Crippen LogP contribution in [0, 0.1) is 0 Å². The van der Waals surface area contributed by atoms with E-state index in [1.807, 2.05) is 11.9 Å². The maximum Gasteiger partial charge on any atom is 0.227 e. The molecule has 1 atom stereocenters. The Kier molecular flexibility index (Phi) is 4.96. The lowest BCUT2D eigenvalue weighted by atomic mass is 10.0. The lowest BCUT2D eigenvalue weighted by molar-refractivity contribution is 0.140. The molecule has 1 N–H and O–H groups in total. The first-order valence-corrected chi connectivity index (χ1v) is 9.50. The molecule has 0 radical (unpaired) electrons. The van der Waals surface area contributed by atoms with Crippen molar-refractivity contribution in [2.75, 3.05) is 43.2 Å². The SMILES string of the molecule is CC(C)n1cnnc1CN(C)c1cc([C@@H]2CCOC2)nc(N2CC(O)C2)n1. The summed E-state index contributed by atoms with van der Waals surface area (Å²) in [6.07, 6.45) is 2.45. The Morgan fingerprint density at radius 1 is 1.33 bits per heavy atom. The lowest BCUT2D eigenvalue weighted by Gasteiger charge is -2.36. The number of aliphatic hydroxyl groups is 1. The molecule has 0 spiro atoms. The lowest BCUT2D eigenvalue weighted by Crippen LogP contribution is -2.51. The van der Waals surface area contributed by atoms with Crippen molar-refractivity contribution in [1.82, 2.24) is 24.7 Å². The van der Waals surface area contributed by atoms with Crippen molar-refractivity contribution in [3.05, 3.63) is 23.9 Å². The third kappa shape index (κ3) is 3.74. The van der Waals surface area contributed by atoms with Crippen LogP contribution in [0.5, 0.6) is 0 Å². The van der Waals surface area contributed by atoms with Gasteiger partial charge in [-0.25, -0.2) is 4.98 Å². The molecule has 4 rings (SSSR count). The first-order chi connectivity index (χ1) is 13.0. The van der Waals surface area contributed by atoms with Crippen molar-refractivity contribution < 1.29 is 9.84 Å². The topological polar surface area (TPSA) is 92.4 Å². The normalized spacial score (nSPS) is 20.3. The summed E-state index contributed by atoms with van der Waals surface area (Å²) < 4.78 is 7.61. The van der Waals surface area contributed by atoms with E-state index in [4.69, 9.17) is 14.7 Å². The quantitative estimate of drug-likeness (QED) is 0.801. The van der Waals surface area contributed by atoms with E-state index < -0.39 is 0 Å². The predicted octanol–water partition coefficient (Wildman–Crippen LogP) is 0.970. The molecule has 146 valence electrons. The van der Waals surface area contributed by atoms with Gasteiger partial charge in [-0.1, -0.05) is 0 Å². The Morgan fingerprint density at radius 3 is 2.81 bits per heavy atom. The van der Waals surface area contributed by atoms with Crippen molar-refractivity contribution in [2.45, 2.75) is 44.9 Å². The van der Waals surface area contributed by atoms with Gasteiger partial charge in [0.15, 0.2) is 5.82 Å². The Morgan fingerprint density at radius 2 is 2.15 bits per heavy atom. The fourth-order valence-corrected chi connectivity index (χ4v) is 3.48. The molecule has 0 bridgehead atoms. The van der Waals surface area contributed by atoms with Gasteiger partial charge in [0.25, 0.3) is 0 Å². The number of hydrogen-bond donors (Lipinski definition) is 1. The molecule has 9 nitrogen and oxygen atoms in total. The van der Waals surface area contributed by atoms with Crippen LogP contribution in [0.25, 0.3) is 0 Å². The van der Waals surface area contributed by atoms with Crippen LogP contribution < -0.4 is 9.80 Å². The van der Waals surface area contributed by atoms with E-state index in [2.05, 4.69) is 39.6 Å². The van der Waals surface area contributed by atoms with Crippen LogP contribution >= 0.6 is 0 Å². The number of nitrogens with zero attached hydrogens (tertiary/aromatic N) is 7. The van der Waals surface area contributed by atoms with Gasteiger partial charge in [0.2, 0.25) is 5.95 Å². The second kappa shape index (κ2) is 7.40. The van der Waals surface area contributed by atoms with Gasteiger partial charge in [-0.3, -0.25) is 0 Å². The third-order valence-electron chi connectivity index (χ3n) is 5.19. The Labute approximate surface area is 159 Å². The van der Waals surface area contributed by atoms with Crippen LogP contribution in [0.15, 0.2) is 12.4 Å². The van der Waals surface area contributed by atoms with Gasteiger partial charge in [0.1, 0.15) is 12.1 Å². The average molecular weight is 373 g/mol. The third-order valence-corrected chi connectivity index (χ3v) is 5.19. The van der Waals surface area contributed by atoms with Crippen LogP contribution in [0.2, 0.25) is 0 Å². The fourth-order valence-electron chi connectivity index (χ4n) is 3.48. The van der Waals surface area contributed by atoms with E-state index >= 15 is 0 Å². The number of aliphatic hydroxyl groups excluding tert-OH is 1. The Hall–Kier alpha value is -2.26. The largest absolute Gasteiger partial charge is 0.389 e. The number of hydrogen-bond acceptors (Lipinski definition) is 8. The summed E-state index contributed by atoms with van der Waals surface area (Å²) in [5.74, 6) is 2.72. The zero-order chi connectivity index (χ0) is 19.0. The highest BCUT2D eigenvalue weighted by Crippen LogP contribution is 2.29. The molecule has 2 aliphatic heterocycles. The summed E-state index contributed by atoms with van der Waals surface area (Å²) in [5, 5.41) is 18.0. The molecule has 2 fully saturated rings.